The van der Waals surface area contributed by atoms with Crippen molar-refractivity contribution in [3.63, 3.8) is 0 Å². The van der Waals surface area contributed by atoms with Gasteiger partial charge in [0, 0.05) is 24.7 Å². The molecule has 2 heterocycles. The monoisotopic (exact) mass is 469 g/mol. The van der Waals surface area contributed by atoms with Crippen molar-refractivity contribution < 1.29 is 19.0 Å². The van der Waals surface area contributed by atoms with Crippen molar-refractivity contribution in [2.24, 2.45) is 0 Å². The third-order valence-electron chi connectivity index (χ3n) is 6.35. The van der Waals surface area contributed by atoms with Gasteiger partial charge in [0.15, 0.2) is 0 Å². The molecular formula is C28H27N3O4. The molecule has 3 aromatic carbocycles. The molecular weight excluding hydrogens is 442 g/mol. The van der Waals surface area contributed by atoms with Gasteiger partial charge in [0.05, 0.1) is 32.7 Å². The average molecular weight is 470 g/mol. The van der Waals surface area contributed by atoms with Gasteiger partial charge in [-0.25, -0.2) is 4.68 Å². The van der Waals surface area contributed by atoms with Crippen LogP contribution >= 0.6 is 0 Å². The summed E-state index contributed by atoms with van der Waals surface area (Å²) in [5.74, 6) is 1.97. The van der Waals surface area contributed by atoms with Crippen LogP contribution in [0.4, 0.5) is 0 Å². The van der Waals surface area contributed by atoms with Crippen LogP contribution in [0, 0.1) is 0 Å². The lowest BCUT2D eigenvalue weighted by molar-refractivity contribution is 0.0725. The van der Waals surface area contributed by atoms with E-state index in [1.54, 1.807) is 26.0 Å². The minimum absolute atomic E-state index is 0.0680. The Morgan fingerprint density at radius 3 is 2.26 bits per heavy atom. The van der Waals surface area contributed by atoms with Gasteiger partial charge in [-0.2, -0.15) is 5.10 Å². The minimum atomic E-state index is -0.0680. The number of methoxy groups -OCH3 is 3. The molecule has 178 valence electrons. The molecule has 0 saturated carbocycles. The average Bonchev–Trinajstić information content (AvgIpc) is 3.37. The molecule has 0 fully saturated rings. The molecule has 0 unspecified atom stereocenters. The number of fused-ring (bicyclic) bond motifs is 1. The van der Waals surface area contributed by atoms with Gasteiger partial charge in [-0.1, -0.05) is 24.3 Å². The molecule has 1 aliphatic rings. The van der Waals surface area contributed by atoms with Gasteiger partial charge in [-0.15, -0.1) is 0 Å². The lowest BCUT2D eigenvalue weighted by Crippen LogP contribution is -2.37. The van der Waals surface area contributed by atoms with Crippen LogP contribution in [0.25, 0.3) is 16.9 Å². The van der Waals surface area contributed by atoms with E-state index in [9.17, 15) is 4.79 Å². The predicted molar refractivity (Wildman–Crippen MR) is 134 cm³/mol. The molecule has 4 aromatic rings. The zero-order chi connectivity index (χ0) is 24.4. The van der Waals surface area contributed by atoms with Crippen molar-refractivity contribution in [3.8, 4) is 34.2 Å². The molecule has 7 heteroatoms. The zero-order valence-electron chi connectivity index (χ0n) is 20.0. The van der Waals surface area contributed by atoms with Crippen molar-refractivity contribution in [2.75, 3.05) is 27.9 Å². The summed E-state index contributed by atoms with van der Waals surface area (Å²) in [5.41, 5.74) is 5.15. The van der Waals surface area contributed by atoms with Crippen LogP contribution in [0.1, 0.15) is 21.6 Å². The van der Waals surface area contributed by atoms with Crippen molar-refractivity contribution in [1.82, 2.24) is 14.7 Å². The molecule has 0 bridgehead atoms. The maximum Gasteiger partial charge on any atom is 0.272 e. The highest BCUT2D eigenvalue weighted by atomic mass is 16.5. The van der Waals surface area contributed by atoms with Crippen LogP contribution in [0.3, 0.4) is 0 Å². The van der Waals surface area contributed by atoms with E-state index in [2.05, 4.69) is 12.1 Å². The number of carbonyl (C=O) groups excluding carboxylic acids is 1. The van der Waals surface area contributed by atoms with E-state index in [1.165, 1.54) is 11.1 Å². The number of benzene rings is 3. The Balaban J connectivity index is 1.58. The summed E-state index contributed by atoms with van der Waals surface area (Å²) in [6, 6.07) is 23.2. The van der Waals surface area contributed by atoms with E-state index >= 15 is 0 Å². The summed E-state index contributed by atoms with van der Waals surface area (Å²) in [6.45, 7) is 1.23. The first-order chi connectivity index (χ1) is 17.1. The first-order valence-electron chi connectivity index (χ1n) is 11.4. The summed E-state index contributed by atoms with van der Waals surface area (Å²) < 4.78 is 17.9. The Morgan fingerprint density at radius 2 is 1.54 bits per heavy atom. The van der Waals surface area contributed by atoms with E-state index in [-0.39, 0.29) is 5.91 Å². The van der Waals surface area contributed by atoms with Crippen LogP contribution in [0.2, 0.25) is 0 Å². The Kier molecular flexibility index (Phi) is 6.14. The normalized spacial score (nSPS) is 12.7. The second-order valence-electron chi connectivity index (χ2n) is 8.34. The van der Waals surface area contributed by atoms with Crippen LogP contribution in [-0.2, 0) is 13.0 Å². The zero-order valence-corrected chi connectivity index (χ0v) is 20.0. The first-order valence-corrected chi connectivity index (χ1v) is 11.4. The van der Waals surface area contributed by atoms with Gasteiger partial charge in [0.1, 0.15) is 22.9 Å². The quantitative estimate of drug-likeness (QED) is 0.407. The number of hydrogen-bond donors (Lipinski definition) is 0. The number of nitrogens with zero attached hydrogens (tertiary/aromatic N) is 3. The summed E-state index contributed by atoms with van der Waals surface area (Å²) >= 11 is 0. The smallest absolute Gasteiger partial charge is 0.272 e. The van der Waals surface area contributed by atoms with Crippen LogP contribution in [0.5, 0.6) is 17.2 Å². The molecule has 1 aliphatic heterocycles. The maximum atomic E-state index is 13.8. The molecule has 0 spiro atoms. The van der Waals surface area contributed by atoms with E-state index in [0.29, 0.717) is 36.0 Å². The van der Waals surface area contributed by atoms with Gasteiger partial charge in [-0.3, -0.25) is 4.79 Å². The fourth-order valence-electron chi connectivity index (χ4n) is 4.43. The van der Waals surface area contributed by atoms with E-state index in [0.717, 1.165) is 23.4 Å². The fourth-order valence-corrected chi connectivity index (χ4v) is 4.43. The Hall–Kier alpha value is -4.26. The maximum absolute atomic E-state index is 13.8. The molecule has 5 rings (SSSR count). The number of aromatic nitrogens is 2. The van der Waals surface area contributed by atoms with Crippen molar-refractivity contribution in [1.29, 1.82) is 0 Å². The molecule has 7 nitrogen and oxygen atoms in total. The SMILES string of the molecule is COc1ccc(-n2nc(-c3ccc(OC)cc3OC)cc2C(=O)N2CCc3ccccc3C2)cc1. The van der Waals surface area contributed by atoms with E-state index < -0.39 is 0 Å². The number of ether oxygens (including phenoxy) is 3. The van der Waals surface area contributed by atoms with Crippen molar-refractivity contribution in [2.45, 2.75) is 13.0 Å². The highest BCUT2D eigenvalue weighted by Crippen LogP contribution is 2.34. The van der Waals surface area contributed by atoms with Gasteiger partial charge in [-0.05, 0) is 60.0 Å². The van der Waals surface area contributed by atoms with Crippen LogP contribution < -0.4 is 14.2 Å². The fraction of sp³-hybridized carbons (Fsp3) is 0.214. The topological polar surface area (TPSA) is 65.8 Å². The predicted octanol–water partition coefficient (Wildman–Crippen LogP) is 4.76. The van der Waals surface area contributed by atoms with Crippen molar-refractivity contribution >= 4 is 5.91 Å². The third-order valence-corrected chi connectivity index (χ3v) is 6.35. The number of carbonyl (C=O) groups is 1. The number of amides is 1. The molecule has 0 N–H and O–H groups in total. The second-order valence-corrected chi connectivity index (χ2v) is 8.34. The molecule has 35 heavy (non-hydrogen) atoms. The van der Waals surface area contributed by atoms with Gasteiger partial charge < -0.3 is 19.1 Å². The van der Waals surface area contributed by atoms with Gasteiger partial charge in [0.25, 0.3) is 5.91 Å². The first kappa shape index (κ1) is 22.5. The summed E-state index contributed by atoms with van der Waals surface area (Å²) in [6.07, 6.45) is 0.831. The summed E-state index contributed by atoms with van der Waals surface area (Å²) in [5, 5.41) is 4.84. The summed E-state index contributed by atoms with van der Waals surface area (Å²) in [7, 11) is 4.84. The Labute approximate surface area is 204 Å². The summed E-state index contributed by atoms with van der Waals surface area (Å²) in [4.78, 5) is 15.7. The highest BCUT2D eigenvalue weighted by Gasteiger charge is 2.26. The minimum Gasteiger partial charge on any atom is -0.497 e. The molecule has 0 aliphatic carbocycles. The van der Waals surface area contributed by atoms with E-state index in [4.69, 9.17) is 19.3 Å². The van der Waals surface area contributed by atoms with Crippen LogP contribution in [0.15, 0.2) is 72.8 Å². The Bertz CT molecular complexity index is 1360. The lowest BCUT2D eigenvalue weighted by Gasteiger charge is -2.29. The standard InChI is InChI=1S/C28H27N3O4/c1-33-22-10-8-21(9-11-22)31-26(28(32)30-15-14-19-6-4-5-7-20(19)18-30)17-25(29-31)24-13-12-23(34-2)16-27(24)35-3/h4-13,16-17H,14-15,18H2,1-3H3. The third kappa shape index (κ3) is 4.33. The lowest BCUT2D eigenvalue weighted by atomic mass is 9.99. The van der Waals surface area contributed by atoms with E-state index in [1.807, 2.05) is 65.6 Å². The Morgan fingerprint density at radius 1 is 0.829 bits per heavy atom. The number of rotatable bonds is 6. The largest absolute Gasteiger partial charge is 0.497 e. The molecule has 1 amide bonds. The molecule has 0 saturated heterocycles. The number of hydrogen-bond acceptors (Lipinski definition) is 5. The second kappa shape index (κ2) is 9.54. The molecule has 0 atom stereocenters. The van der Waals surface area contributed by atoms with Gasteiger partial charge >= 0.3 is 0 Å². The van der Waals surface area contributed by atoms with Crippen LogP contribution in [-0.4, -0.2) is 48.5 Å². The molecule has 0 radical (unpaired) electrons. The highest BCUT2D eigenvalue weighted by molar-refractivity contribution is 5.95. The van der Waals surface area contributed by atoms with Crippen molar-refractivity contribution in [3.05, 3.63) is 89.6 Å². The molecule has 1 aromatic heterocycles. The van der Waals surface area contributed by atoms with Gasteiger partial charge in [0.2, 0.25) is 0 Å².